The molecular formula is C15H21NO4. The molecule has 0 radical (unpaired) electrons. The first-order valence-corrected chi connectivity index (χ1v) is 6.51. The number of methoxy groups -OCH3 is 3. The summed E-state index contributed by atoms with van der Waals surface area (Å²) in [6.45, 7) is 4.10. The van der Waals surface area contributed by atoms with E-state index in [9.17, 15) is 0 Å². The number of hydrogen-bond donors (Lipinski definition) is 1. The Balaban J connectivity index is 2.67. The molecule has 110 valence electrons. The number of furan rings is 1. The van der Waals surface area contributed by atoms with Crippen molar-refractivity contribution in [3.8, 4) is 17.2 Å². The highest BCUT2D eigenvalue weighted by Gasteiger charge is 2.22. The van der Waals surface area contributed by atoms with Crippen molar-refractivity contribution in [1.82, 2.24) is 0 Å². The molecule has 0 amide bonds. The van der Waals surface area contributed by atoms with Gasteiger partial charge in [-0.05, 0) is 12.0 Å². The fourth-order valence-corrected chi connectivity index (χ4v) is 2.17. The van der Waals surface area contributed by atoms with Crippen molar-refractivity contribution in [1.29, 1.82) is 0 Å². The summed E-state index contributed by atoms with van der Waals surface area (Å²) in [5.74, 6) is 2.71. The summed E-state index contributed by atoms with van der Waals surface area (Å²) in [5, 5.41) is 0.830. The summed E-state index contributed by atoms with van der Waals surface area (Å²) in [6, 6.07) is 3.53. The van der Waals surface area contributed by atoms with Crippen LogP contribution in [0.3, 0.4) is 0 Å². The van der Waals surface area contributed by atoms with Crippen LogP contribution in [0.4, 0.5) is 0 Å². The van der Waals surface area contributed by atoms with E-state index >= 15 is 0 Å². The number of fused-ring (bicyclic) bond motifs is 1. The summed E-state index contributed by atoms with van der Waals surface area (Å²) in [7, 11) is 4.74. The maximum absolute atomic E-state index is 6.14. The van der Waals surface area contributed by atoms with E-state index in [1.165, 1.54) is 0 Å². The molecule has 0 saturated carbocycles. The largest absolute Gasteiger partial charge is 0.493 e. The Morgan fingerprint density at radius 3 is 2.15 bits per heavy atom. The van der Waals surface area contributed by atoms with Crippen molar-refractivity contribution in [2.75, 3.05) is 21.3 Å². The Morgan fingerprint density at radius 1 is 1.00 bits per heavy atom. The average molecular weight is 279 g/mol. The van der Waals surface area contributed by atoms with E-state index in [2.05, 4.69) is 13.8 Å². The Bertz CT molecular complexity index is 603. The van der Waals surface area contributed by atoms with E-state index in [1.807, 2.05) is 6.07 Å². The van der Waals surface area contributed by atoms with E-state index in [4.69, 9.17) is 24.4 Å². The van der Waals surface area contributed by atoms with Gasteiger partial charge in [-0.2, -0.15) is 0 Å². The van der Waals surface area contributed by atoms with E-state index in [0.29, 0.717) is 22.8 Å². The fourth-order valence-electron chi connectivity index (χ4n) is 2.17. The Morgan fingerprint density at radius 2 is 1.65 bits per heavy atom. The lowest BCUT2D eigenvalue weighted by molar-refractivity contribution is 0.326. The predicted octanol–water partition coefficient (Wildman–Crippen LogP) is 3.11. The average Bonchev–Trinajstić information content (AvgIpc) is 2.87. The molecule has 2 rings (SSSR count). The van der Waals surface area contributed by atoms with Crippen LogP contribution in [0.15, 0.2) is 16.5 Å². The molecule has 2 N–H and O–H groups in total. The second-order valence-corrected chi connectivity index (χ2v) is 4.98. The van der Waals surface area contributed by atoms with Gasteiger partial charge in [0.25, 0.3) is 0 Å². The molecule has 1 aromatic carbocycles. The van der Waals surface area contributed by atoms with Crippen LogP contribution in [0.2, 0.25) is 0 Å². The van der Waals surface area contributed by atoms with Gasteiger partial charge in [0.15, 0.2) is 11.5 Å². The summed E-state index contributed by atoms with van der Waals surface area (Å²) in [5.41, 5.74) is 6.81. The van der Waals surface area contributed by atoms with E-state index in [-0.39, 0.29) is 12.0 Å². The second kappa shape index (κ2) is 5.63. The first-order valence-electron chi connectivity index (χ1n) is 6.51. The van der Waals surface area contributed by atoms with Crippen molar-refractivity contribution in [2.24, 2.45) is 11.7 Å². The Labute approximate surface area is 118 Å². The molecule has 0 aliphatic carbocycles. The molecule has 1 heterocycles. The van der Waals surface area contributed by atoms with Crippen molar-refractivity contribution < 1.29 is 18.6 Å². The molecule has 0 bridgehead atoms. The first-order chi connectivity index (χ1) is 9.53. The van der Waals surface area contributed by atoms with E-state index < -0.39 is 0 Å². The molecular weight excluding hydrogens is 258 g/mol. The van der Waals surface area contributed by atoms with Crippen molar-refractivity contribution in [2.45, 2.75) is 19.9 Å². The van der Waals surface area contributed by atoms with Gasteiger partial charge in [0, 0.05) is 6.07 Å². The van der Waals surface area contributed by atoms with Crippen LogP contribution >= 0.6 is 0 Å². The van der Waals surface area contributed by atoms with Gasteiger partial charge in [-0.3, -0.25) is 0 Å². The van der Waals surface area contributed by atoms with Gasteiger partial charge < -0.3 is 24.4 Å². The van der Waals surface area contributed by atoms with Crippen molar-refractivity contribution in [3.63, 3.8) is 0 Å². The monoisotopic (exact) mass is 279 g/mol. The van der Waals surface area contributed by atoms with Crippen LogP contribution in [0.5, 0.6) is 17.2 Å². The summed E-state index contributed by atoms with van der Waals surface area (Å²) >= 11 is 0. The van der Waals surface area contributed by atoms with Gasteiger partial charge in [-0.15, -0.1) is 0 Å². The summed E-state index contributed by atoms with van der Waals surface area (Å²) in [6.07, 6.45) is 0. The normalized spacial score (nSPS) is 12.8. The number of rotatable bonds is 5. The maximum atomic E-state index is 6.14. The molecule has 0 saturated heterocycles. The standard InChI is InChI=1S/C15H21NO4/c1-8(2)13(16)11-6-9-10(20-11)7-12(17-3)15(19-5)14(9)18-4/h6-8,13H,16H2,1-5H3. The highest BCUT2D eigenvalue weighted by molar-refractivity contribution is 5.90. The first kappa shape index (κ1) is 14.5. The fraction of sp³-hybridized carbons (Fsp3) is 0.467. The van der Waals surface area contributed by atoms with E-state index in [1.54, 1.807) is 27.4 Å². The third-order valence-electron chi connectivity index (χ3n) is 3.39. The van der Waals surface area contributed by atoms with Crippen LogP contribution in [-0.2, 0) is 0 Å². The molecule has 5 nitrogen and oxygen atoms in total. The molecule has 1 unspecified atom stereocenters. The molecule has 5 heteroatoms. The Kier molecular flexibility index (Phi) is 4.09. The number of hydrogen-bond acceptors (Lipinski definition) is 5. The summed E-state index contributed by atoms with van der Waals surface area (Å²) in [4.78, 5) is 0. The highest BCUT2D eigenvalue weighted by Crippen LogP contribution is 2.45. The highest BCUT2D eigenvalue weighted by atomic mass is 16.5. The minimum atomic E-state index is -0.163. The molecule has 0 aliphatic heterocycles. The molecule has 1 atom stereocenters. The lowest BCUT2D eigenvalue weighted by atomic mass is 10.0. The van der Waals surface area contributed by atoms with Crippen LogP contribution in [0.25, 0.3) is 11.0 Å². The van der Waals surface area contributed by atoms with Gasteiger partial charge in [-0.25, -0.2) is 0 Å². The quantitative estimate of drug-likeness (QED) is 0.910. The maximum Gasteiger partial charge on any atom is 0.204 e. The third kappa shape index (κ3) is 2.29. The van der Waals surface area contributed by atoms with Gasteiger partial charge in [0.2, 0.25) is 5.75 Å². The lowest BCUT2D eigenvalue weighted by Crippen LogP contribution is -2.15. The zero-order valence-electron chi connectivity index (χ0n) is 12.5. The number of benzene rings is 1. The van der Waals surface area contributed by atoms with E-state index in [0.717, 1.165) is 11.1 Å². The second-order valence-electron chi connectivity index (χ2n) is 4.98. The van der Waals surface area contributed by atoms with Gasteiger partial charge in [0.05, 0.1) is 32.8 Å². The minimum Gasteiger partial charge on any atom is -0.493 e. The number of ether oxygens (including phenoxy) is 3. The van der Waals surface area contributed by atoms with Crippen LogP contribution in [-0.4, -0.2) is 21.3 Å². The van der Waals surface area contributed by atoms with Crippen LogP contribution < -0.4 is 19.9 Å². The van der Waals surface area contributed by atoms with Crippen LogP contribution in [0.1, 0.15) is 25.6 Å². The lowest BCUT2D eigenvalue weighted by Gasteiger charge is -2.12. The van der Waals surface area contributed by atoms with Gasteiger partial charge in [-0.1, -0.05) is 13.8 Å². The topological polar surface area (TPSA) is 66.9 Å². The van der Waals surface area contributed by atoms with Gasteiger partial charge >= 0.3 is 0 Å². The molecule has 1 aromatic heterocycles. The molecule has 20 heavy (non-hydrogen) atoms. The SMILES string of the molecule is COc1cc2oc(C(N)C(C)C)cc2c(OC)c1OC. The molecule has 0 spiro atoms. The minimum absolute atomic E-state index is 0.163. The number of nitrogens with two attached hydrogens (primary N) is 1. The zero-order valence-corrected chi connectivity index (χ0v) is 12.5. The molecule has 2 aromatic rings. The third-order valence-corrected chi connectivity index (χ3v) is 3.39. The van der Waals surface area contributed by atoms with Crippen molar-refractivity contribution in [3.05, 3.63) is 17.9 Å². The van der Waals surface area contributed by atoms with Gasteiger partial charge in [0.1, 0.15) is 11.3 Å². The molecule has 0 fully saturated rings. The summed E-state index contributed by atoms with van der Waals surface area (Å²) < 4.78 is 21.9. The van der Waals surface area contributed by atoms with Crippen LogP contribution in [0, 0.1) is 5.92 Å². The molecule has 0 aliphatic rings. The van der Waals surface area contributed by atoms with Crippen molar-refractivity contribution >= 4 is 11.0 Å². The Hall–Kier alpha value is -1.88. The predicted molar refractivity (Wildman–Crippen MR) is 77.6 cm³/mol. The smallest absolute Gasteiger partial charge is 0.204 e. The zero-order chi connectivity index (χ0) is 14.9.